The van der Waals surface area contributed by atoms with Crippen LogP contribution in [0, 0.1) is 5.92 Å². The summed E-state index contributed by atoms with van der Waals surface area (Å²) in [7, 11) is 0. The lowest BCUT2D eigenvalue weighted by molar-refractivity contribution is 0.520. The molecule has 0 aliphatic carbocycles. The van der Waals surface area contributed by atoms with Crippen LogP contribution < -0.4 is 5.32 Å². The lowest BCUT2D eigenvalue weighted by Gasteiger charge is -2.08. The molecule has 0 aromatic carbocycles. The van der Waals surface area contributed by atoms with Gasteiger partial charge in [-0.3, -0.25) is 0 Å². The third-order valence-corrected chi connectivity index (χ3v) is 2.63. The number of aryl methyl sites for hydroxylation is 1. The van der Waals surface area contributed by atoms with E-state index in [9.17, 15) is 0 Å². The number of nitrogens with zero attached hydrogens (tertiary/aromatic N) is 3. The Morgan fingerprint density at radius 1 is 1.53 bits per heavy atom. The molecule has 0 atom stereocenters. The molecular formula is C10H20N4S. The number of hydrogen-bond donors (Lipinski definition) is 1. The second-order valence-electron chi connectivity index (χ2n) is 3.92. The van der Waals surface area contributed by atoms with Gasteiger partial charge in [0.05, 0.1) is 13.1 Å². The molecule has 5 heteroatoms. The summed E-state index contributed by atoms with van der Waals surface area (Å²) in [6.07, 6.45) is 3.74. The summed E-state index contributed by atoms with van der Waals surface area (Å²) in [5.41, 5.74) is 0. The zero-order chi connectivity index (χ0) is 11.1. The van der Waals surface area contributed by atoms with Gasteiger partial charge in [-0.2, -0.15) is 16.9 Å². The van der Waals surface area contributed by atoms with Gasteiger partial charge in [0.1, 0.15) is 12.2 Å². The molecule has 4 nitrogen and oxygen atoms in total. The molecule has 0 fully saturated rings. The Morgan fingerprint density at radius 3 is 3.00 bits per heavy atom. The van der Waals surface area contributed by atoms with Crippen molar-refractivity contribution in [1.82, 2.24) is 20.1 Å². The minimum atomic E-state index is 0.674. The van der Waals surface area contributed by atoms with Gasteiger partial charge < -0.3 is 5.32 Å². The molecule has 0 aliphatic heterocycles. The molecular weight excluding hydrogens is 208 g/mol. The zero-order valence-electron chi connectivity index (χ0n) is 9.73. The van der Waals surface area contributed by atoms with E-state index in [1.807, 2.05) is 16.4 Å². The van der Waals surface area contributed by atoms with Crippen LogP contribution >= 0.6 is 11.8 Å². The van der Waals surface area contributed by atoms with Crippen molar-refractivity contribution < 1.29 is 0 Å². The number of hydrogen-bond acceptors (Lipinski definition) is 4. The highest BCUT2D eigenvalue weighted by molar-refractivity contribution is 7.98. The van der Waals surface area contributed by atoms with Crippen molar-refractivity contribution in [3.8, 4) is 0 Å². The molecule has 1 N–H and O–H groups in total. The lowest BCUT2D eigenvalue weighted by Crippen LogP contribution is -2.22. The Morgan fingerprint density at radius 2 is 2.33 bits per heavy atom. The fourth-order valence-corrected chi connectivity index (χ4v) is 1.62. The van der Waals surface area contributed by atoms with Gasteiger partial charge in [-0.05, 0) is 18.7 Å². The average molecular weight is 228 g/mol. The zero-order valence-corrected chi connectivity index (χ0v) is 10.5. The molecule has 1 aromatic heterocycles. The number of nitrogens with one attached hydrogen (secondary N) is 1. The maximum absolute atomic E-state index is 4.25. The van der Waals surface area contributed by atoms with E-state index in [0.717, 1.165) is 31.2 Å². The summed E-state index contributed by atoms with van der Waals surface area (Å²) in [6.45, 7) is 7.18. The highest BCUT2D eigenvalue weighted by atomic mass is 32.2. The first kappa shape index (κ1) is 12.5. The first-order valence-electron chi connectivity index (χ1n) is 5.30. The van der Waals surface area contributed by atoms with Gasteiger partial charge in [0.25, 0.3) is 0 Å². The van der Waals surface area contributed by atoms with Crippen LogP contribution in [-0.2, 0) is 13.1 Å². The largest absolute Gasteiger partial charge is 0.310 e. The summed E-state index contributed by atoms with van der Waals surface area (Å²) < 4.78 is 1.98. The van der Waals surface area contributed by atoms with Crippen molar-refractivity contribution in [2.24, 2.45) is 5.92 Å². The van der Waals surface area contributed by atoms with E-state index in [1.165, 1.54) is 0 Å². The van der Waals surface area contributed by atoms with Crippen molar-refractivity contribution in [2.45, 2.75) is 26.9 Å². The molecule has 0 saturated heterocycles. The molecule has 0 bridgehead atoms. The minimum absolute atomic E-state index is 0.674. The maximum atomic E-state index is 4.25. The second kappa shape index (κ2) is 6.85. The van der Waals surface area contributed by atoms with Gasteiger partial charge in [-0.15, -0.1) is 0 Å². The highest BCUT2D eigenvalue weighted by Gasteiger charge is 2.03. The van der Waals surface area contributed by atoms with Crippen LogP contribution in [0.2, 0.25) is 0 Å². The summed E-state index contributed by atoms with van der Waals surface area (Å²) >= 11 is 1.83. The van der Waals surface area contributed by atoms with E-state index in [2.05, 4.69) is 35.5 Å². The topological polar surface area (TPSA) is 42.7 Å². The molecule has 0 saturated carbocycles. The lowest BCUT2D eigenvalue weighted by atomic mass is 10.2. The molecule has 1 rings (SSSR count). The van der Waals surface area contributed by atoms with E-state index >= 15 is 0 Å². The first-order chi connectivity index (χ1) is 7.24. The van der Waals surface area contributed by atoms with Gasteiger partial charge in [0.2, 0.25) is 0 Å². The molecule has 0 radical (unpaired) electrons. The maximum Gasteiger partial charge on any atom is 0.140 e. The molecule has 0 spiro atoms. The fraction of sp³-hybridized carbons (Fsp3) is 0.800. The predicted octanol–water partition coefficient (Wildman–Crippen LogP) is 1.39. The average Bonchev–Trinajstić information content (AvgIpc) is 2.62. The van der Waals surface area contributed by atoms with Gasteiger partial charge in [0.15, 0.2) is 0 Å². The highest BCUT2D eigenvalue weighted by Crippen LogP contribution is 1.98. The van der Waals surface area contributed by atoms with Crippen molar-refractivity contribution in [3.63, 3.8) is 0 Å². The van der Waals surface area contributed by atoms with E-state index in [4.69, 9.17) is 0 Å². The van der Waals surface area contributed by atoms with E-state index in [1.54, 1.807) is 6.33 Å². The smallest absolute Gasteiger partial charge is 0.140 e. The molecule has 0 aliphatic rings. The van der Waals surface area contributed by atoms with Gasteiger partial charge >= 0.3 is 0 Å². The van der Waals surface area contributed by atoms with Crippen LogP contribution in [-0.4, -0.2) is 33.3 Å². The molecule has 1 aromatic rings. The molecule has 1 heterocycles. The third-order valence-electron chi connectivity index (χ3n) is 2.04. The van der Waals surface area contributed by atoms with Gasteiger partial charge in [-0.25, -0.2) is 9.67 Å². The summed E-state index contributed by atoms with van der Waals surface area (Å²) in [5, 5.41) is 7.58. The molecule has 86 valence electrons. The Hall–Kier alpha value is -0.550. The Kier molecular flexibility index (Phi) is 5.71. The van der Waals surface area contributed by atoms with E-state index in [0.29, 0.717) is 5.92 Å². The van der Waals surface area contributed by atoms with Crippen LogP contribution in [0.4, 0.5) is 0 Å². The van der Waals surface area contributed by atoms with Crippen LogP contribution in [0.1, 0.15) is 19.7 Å². The first-order valence-corrected chi connectivity index (χ1v) is 6.69. The van der Waals surface area contributed by atoms with Crippen LogP contribution in [0.25, 0.3) is 0 Å². The number of rotatable bonds is 7. The van der Waals surface area contributed by atoms with Gasteiger partial charge in [-0.1, -0.05) is 13.8 Å². The normalized spacial score (nSPS) is 11.2. The Labute approximate surface area is 95.9 Å². The Bertz CT molecular complexity index is 272. The fourth-order valence-electron chi connectivity index (χ4n) is 1.26. The van der Waals surface area contributed by atoms with Crippen LogP contribution in [0.15, 0.2) is 6.33 Å². The number of aromatic nitrogens is 3. The van der Waals surface area contributed by atoms with Crippen molar-refractivity contribution in [2.75, 3.05) is 18.6 Å². The summed E-state index contributed by atoms with van der Waals surface area (Å²) in [5.74, 6) is 2.79. The summed E-state index contributed by atoms with van der Waals surface area (Å²) in [4.78, 5) is 4.25. The second-order valence-corrected chi connectivity index (χ2v) is 4.90. The van der Waals surface area contributed by atoms with Gasteiger partial charge in [0, 0.05) is 5.75 Å². The quantitative estimate of drug-likeness (QED) is 0.766. The monoisotopic (exact) mass is 228 g/mol. The molecule has 0 unspecified atom stereocenters. The van der Waals surface area contributed by atoms with Crippen LogP contribution in [0.5, 0.6) is 0 Å². The SMILES string of the molecule is CSCCn1ncnc1CNCC(C)C. The number of thioether (sulfide) groups is 1. The standard InChI is InChI=1S/C10H20N4S/c1-9(2)6-11-7-10-12-8-13-14(10)4-5-15-3/h8-9,11H,4-7H2,1-3H3. The van der Waals surface area contributed by atoms with E-state index < -0.39 is 0 Å². The van der Waals surface area contributed by atoms with E-state index in [-0.39, 0.29) is 0 Å². The minimum Gasteiger partial charge on any atom is -0.310 e. The molecule has 0 amide bonds. The summed E-state index contributed by atoms with van der Waals surface area (Å²) in [6, 6.07) is 0. The van der Waals surface area contributed by atoms with Crippen molar-refractivity contribution >= 4 is 11.8 Å². The third kappa shape index (κ3) is 4.66. The predicted molar refractivity (Wildman–Crippen MR) is 64.9 cm³/mol. The van der Waals surface area contributed by atoms with Crippen LogP contribution in [0.3, 0.4) is 0 Å². The van der Waals surface area contributed by atoms with Crippen molar-refractivity contribution in [1.29, 1.82) is 0 Å². The molecule has 15 heavy (non-hydrogen) atoms. The Balaban J connectivity index is 2.35. The van der Waals surface area contributed by atoms with Crippen molar-refractivity contribution in [3.05, 3.63) is 12.2 Å².